The van der Waals surface area contributed by atoms with Gasteiger partial charge < -0.3 is 49.0 Å². The first-order chi connectivity index (χ1) is 30.7. The van der Waals surface area contributed by atoms with Crippen molar-refractivity contribution in [2.75, 3.05) is 27.9 Å². The van der Waals surface area contributed by atoms with Gasteiger partial charge in [-0.15, -0.1) is 0 Å². The third kappa shape index (κ3) is 14.5. The maximum absolute atomic E-state index is 14.4. The zero-order valence-corrected chi connectivity index (χ0v) is 40.7. The van der Waals surface area contributed by atoms with Crippen molar-refractivity contribution in [3.8, 4) is 0 Å². The van der Waals surface area contributed by atoms with Crippen molar-refractivity contribution < 1.29 is 63.3 Å². The van der Waals surface area contributed by atoms with Gasteiger partial charge in [0.25, 0.3) is 11.7 Å². The predicted octanol–water partition coefficient (Wildman–Crippen LogP) is 5.97. The van der Waals surface area contributed by atoms with Crippen LogP contribution in [0.4, 0.5) is 0 Å². The fraction of sp³-hybridized carbons (Fsp3) is 0.765. The van der Waals surface area contributed by atoms with E-state index in [1.54, 1.807) is 41.1 Å². The maximum atomic E-state index is 14.4. The number of nitrogens with zero attached hydrogens (tertiary/aromatic N) is 1. The Morgan fingerprint density at radius 2 is 1.54 bits per heavy atom. The number of carbonyl (C=O) groups is 4. The second kappa shape index (κ2) is 25.3. The Bertz CT molecular complexity index is 1710. The molecule has 0 aromatic carbocycles. The highest BCUT2D eigenvalue weighted by molar-refractivity contribution is 6.39. The Kier molecular flexibility index (Phi) is 21.3. The molecule has 3 aliphatic heterocycles. The zero-order valence-electron chi connectivity index (χ0n) is 40.7. The largest absolute Gasteiger partial charge is 0.460 e. The van der Waals surface area contributed by atoms with Crippen molar-refractivity contribution in [1.29, 1.82) is 0 Å². The molecule has 4 aliphatic rings. The van der Waals surface area contributed by atoms with Gasteiger partial charge in [-0.25, -0.2) is 4.79 Å². The topological polar surface area (TPSA) is 199 Å². The molecule has 1 amide bonds. The number of ether oxygens (including phenoxy) is 5. The summed E-state index contributed by atoms with van der Waals surface area (Å²) in [4.78, 5) is 57.8. The summed E-state index contributed by atoms with van der Waals surface area (Å²) in [6.45, 7) is 13.0. The molecule has 0 aromatic rings. The van der Waals surface area contributed by atoms with Gasteiger partial charge in [0.2, 0.25) is 5.79 Å². The molecule has 368 valence electrons. The van der Waals surface area contributed by atoms with E-state index in [1.807, 2.05) is 58.1 Å². The Labute approximate surface area is 387 Å². The van der Waals surface area contributed by atoms with E-state index >= 15 is 0 Å². The number of allylic oxidation sites excluding steroid dienone is 5. The number of Topliss-reactive ketones (excluding diaryl/α,β-unsaturated/α-hetero) is 2. The quantitative estimate of drug-likeness (QED) is 0.138. The van der Waals surface area contributed by atoms with E-state index < -0.39 is 90.0 Å². The molecule has 14 heteroatoms. The molecule has 16 atom stereocenters. The van der Waals surface area contributed by atoms with Gasteiger partial charge >= 0.3 is 5.97 Å². The summed E-state index contributed by atoms with van der Waals surface area (Å²) in [7, 11) is 4.55. The minimum atomic E-state index is -2.42. The van der Waals surface area contributed by atoms with Gasteiger partial charge in [-0.3, -0.25) is 14.4 Å². The van der Waals surface area contributed by atoms with Gasteiger partial charge in [0, 0.05) is 58.5 Å². The van der Waals surface area contributed by atoms with Crippen molar-refractivity contribution in [1.82, 2.24) is 4.90 Å². The average Bonchev–Trinajstić information content (AvgIpc) is 3.28. The number of carbonyl (C=O) groups excluding carboxylic acids is 4. The van der Waals surface area contributed by atoms with E-state index in [-0.39, 0.29) is 49.0 Å². The normalized spacial score (nSPS) is 41.5. The number of methoxy groups -OCH3 is 3. The summed E-state index contributed by atoms with van der Waals surface area (Å²) < 4.78 is 29.5. The average molecular weight is 916 g/mol. The van der Waals surface area contributed by atoms with Crippen LogP contribution in [0, 0.1) is 35.5 Å². The lowest BCUT2D eigenvalue weighted by Crippen LogP contribution is -2.61. The van der Waals surface area contributed by atoms with Crippen LogP contribution in [0.3, 0.4) is 0 Å². The minimum Gasteiger partial charge on any atom is -0.460 e. The van der Waals surface area contributed by atoms with Crippen LogP contribution in [0.1, 0.15) is 126 Å². The number of amides is 1. The molecule has 4 N–H and O–H groups in total. The molecular weight excluding hydrogens is 835 g/mol. The zero-order chi connectivity index (χ0) is 48.2. The first kappa shape index (κ1) is 54.5. The van der Waals surface area contributed by atoms with Crippen LogP contribution in [0.15, 0.2) is 47.6 Å². The molecule has 0 aromatic heterocycles. The first-order valence-electron chi connectivity index (χ1n) is 24.1. The lowest BCUT2D eigenvalue weighted by molar-refractivity contribution is -0.265. The van der Waals surface area contributed by atoms with Crippen molar-refractivity contribution in [3.63, 3.8) is 0 Å². The molecular formula is C51H81NO13. The van der Waals surface area contributed by atoms with Gasteiger partial charge in [0.15, 0.2) is 5.78 Å². The number of ketones is 2. The lowest BCUT2D eigenvalue weighted by atomic mass is 9.78. The SMILES string of the molecule is CO[C@H]1C[C@@H]2CC[C@@H](C)[C@@](O)(O2)C(=O)C(=O)N2CCCC[C@H]2C(=O)O[C@H]([C@H](C)C[C@H]2CC[C@H](O)[C@@H](OC)C2)CC(O)[C@H](C)/C=C(\C)[C@@H](O)[C@@H](OC)C(=O)[C@H](C)C[C@H](C)/C=C/C=C/C=C/1C. The van der Waals surface area contributed by atoms with E-state index in [4.69, 9.17) is 23.7 Å². The maximum Gasteiger partial charge on any atom is 0.329 e. The van der Waals surface area contributed by atoms with E-state index in [0.717, 1.165) is 12.0 Å². The summed E-state index contributed by atoms with van der Waals surface area (Å²) in [5, 5.41) is 45.7. The number of esters is 1. The third-order valence-electron chi connectivity index (χ3n) is 14.7. The fourth-order valence-electron chi connectivity index (χ4n) is 10.3. The van der Waals surface area contributed by atoms with E-state index in [9.17, 15) is 39.6 Å². The summed E-state index contributed by atoms with van der Waals surface area (Å²) in [6, 6.07) is -1.11. The number of rotatable bonds is 6. The van der Waals surface area contributed by atoms with Crippen LogP contribution in [-0.2, 0) is 42.9 Å². The predicted molar refractivity (Wildman–Crippen MR) is 246 cm³/mol. The van der Waals surface area contributed by atoms with Crippen LogP contribution in [-0.4, -0.2) is 137 Å². The van der Waals surface area contributed by atoms with Crippen LogP contribution >= 0.6 is 0 Å². The highest BCUT2D eigenvalue weighted by Gasteiger charge is 2.53. The highest BCUT2D eigenvalue weighted by atomic mass is 16.6. The standard InChI is InChI=1S/C51H81NO13/c1-30-16-12-11-13-17-31(2)42(61-8)28-38-21-19-36(7)51(60,65-38)48(57)49(58)52-23-15-14-18-39(52)50(59)64-43(33(4)26-37-20-22-40(53)44(27-37)62-9)29-41(54)32(3)25-35(6)46(56)47(63-10)45(55)34(5)24-30/h11-13,16-17,25,30,32-34,36-44,46-47,53-54,56,60H,14-15,18-24,26-29H2,1-10H3/b13-11+,16-12+,31-17+,35-25+/t30-,32-,33-,34-,36-,37-,38+,39+,40+,41?,42+,43+,44+,46-,47+,51-/m1/s1. The van der Waals surface area contributed by atoms with Gasteiger partial charge in [0.1, 0.15) is 24.4 Å². The molecule has 3 heterocycles. The molecule has 4 rings (SSSR count). The molecule has 1 unspecified atom stereocenters. The molecule has 2 bridgehead atoms. The Balaban J connectivity index is 1.70. The van der Waals surface area contributed by atoms with Crippen molar-refractivity contribution in [3.05, 3.63) is 47.6 Å². The van der Waals surface area contributed by atoms with Gasteiger partial charge in [-0.05, 0) is 107 Å². The summed E-state index contributed by atoms with van der Waals surface area (Å²) in [6.07, 6.45) is 10.9. The van der Waals surface area contributed by atoms with Crippen molar-refractivity contribution in [2.24, 2.45) is 35.5 Å². The van der Waals surface area contributed by atoms with Crippen molar-refractivity contribution in [2.45, 2.75) is 186 Å². The Morgan fingerprint density at radius 1 is 0.815 bits per heavy atom. The lowest BCUT2D eigenvalue weighted by Gasteiger charge is -2.43. The van der Waals surface area contributed by atoms with E-state index in [0.29, 0.717) is 63.4 Å². The number of cyclic esters (lactones) is 1. The number of aliphatic hydroxyl groups is 4. The monoisotopic (exact) mass is 916 g/mol. The second-order valence-electron chi connectivity index (χ2n) is 19.8. The number of aliphatic hydroxyl groups excluding tert-OH is 3. The second-order valence-corrected chi connectivity index (χ2v) is 19.8. The molecule has 1 aliphatic carbocycles. The Hall–Kier alpha value is -3.08. The van der Waals surface area contributed by atoms with E-state index in [2.05, 4.69) is 0 Å². The van der Waals surface area contributed by atoms with Crippen molar-refractivity contribution >= 4 is 23.4 Å². The fourth-order valence-corrected chi connectivity index (χ4v) is 10.3. The molecule has 65 heavy (non-hydrogen) atoms. The van der Waals surface area contributed by atoms with Crippen LogP contribution < -0.4 is 0 Å². The molecule has 0 spiro atoms. The molecule has 2 saturated heterocycles. The van der Waals surface area contributed by atoms with Gasteiger partial charge in [0.05, 0.1) is 30.5 Å². The van der Waals surface area contributed by atoms with Crippen LogP contribution in [0.25, 0.3) is 0 Å². The Morgan fingerprint density at radius 3 is 2.22 bits per heavy atom. The number of piperidine rings is 1. The van der Waals surface area contributed by atoms with Crippen LogP contribution in [0.2, 0.25) is 0 Å². The molecule has 3 fully saturated rings. The van der Waals surface area contributed by atoms with Crippen LogP contribution in [0.5, 0.6) is 0 Å². The number of hydrogen-bond acceptors (Lipinski definition) is 13. The number of fused-ring (bicyclic) bond motifs is 3. The summed E-state index contributed by atoms with van der Waals surface area (Å²) in [5.74, 6) is -7.26. The van der Waals surface area contributed by atoms with Gasteiger partial charge in [-0.2, -0.15) is 0 Å². The van der Waals surface area contributed by atoms with Gasteiger partial charge in [-0.1, -0.05) is 71.1 Å². The minimum absolute atomic E-state index is 0.0183. The smallest absolute Gasteiger partial charge is 0.329 e. The molecule has 1 saturated carbocycles. The highest BCUT2D eigenvalue weighted by Crippen LogP contribution is 2.38. The molecule has 0 radical (unpaired) electrons. The molecule has 14 nitrogen and oxygen atoms in total. The van der Waals surface area contributed by atoms with E-state index in [1.165, 1.54) is 12.0 Å². The summed E-state index contributed by atoms with van der Waals surface area (Å²) in [5.41, 5.74) is 1.33. The first-order valence-corrected chi connectivity index (χ1v) is 24.1. The third-order valence-corrected chi connectivity index (χ3v) is 14.7. The number of hydrogen-bond donors (Lipinski definition) is 4. The summed E-state index contributed by atoms with van der Waals surface area (Å²) >= 11 is 0.